The predicted molar refractivity (Wildman–Crippen MR) is 114 cm³/mol. The molecule has 1 amide bonds. The Kier molecular flexibility index (Phi) is 6.95. The maximum absolute atomic E-state index is 12.7. The van der Waals surface area contributed by atoms with Gasteiger partial charge in [0.25, 0.3) is 5.91 Å². The van der Waals surface area contributed by atoms with Gasteiger partial charge in [0.05, 0.1) is 5.02 Å². The zero-order valence-electron chi connectivity index (χ0n) is 16.7. The van der Waals surface area contributed by atoms with Gasteiger partial charge in [-0.1, -0.05) is 35.9 Å². The molecule has 0 radical (unpaired) electrons. The highest BCUT2D eigenvalue weighted by molar-refractivity contribution is 7.89. The zero-order chi connectivity index (χ0) is 21.0. The van der Waals surface area contributed by atoms with Crippen LogP contribution in [0.1, 0.15) is 34.3 Å². The first-order valence-electron chi connectivity index (χ1n) is 9.58. The van der Waals surface area contributed by atoms with Crippen molar-refractivity contribution in [1.82, 2.24) is 14.5 Å². The number of carbonyl (C=O) groups excluding carboxylic acids is 1. The number of nitrogens with one attached hydrogen (secondary N) is 1. The van der Waals surface area contributed by atoms with Gasteiger partial charge >= 0.3 is 0 Å². The van der Waals surface area contributed by atoms with Crippen molar-refractivity contribution >= 4 is 27.5 Å². The van der Waals surface area contributed by atoms with Crippen LogP contribution in [-0.2, 0) is 23.1 Å². The summed E-state index contributed by atoms with van der Waals surface area (Å²) < 4.78 is 25.9. The number of rotatable bonds is 7. The summed E-state index contributed by atoms with van der Waals surface area (Å²) in [5.41, 5.74) is 2.51. The second-order valence-corrected chi connectivity index (χ2v) is 9.89. The molecule has 3 rings (SSSR count). The van der Waals surface area contributed by atoms with Crippen LogP contribution in [0.15, 0.2) is 47.4 Å². The third kappa shape index (κ3) is 5.17. The summed E-state index contributed by atoms with van der Waals surface area (Å²) in [6.07, 6.45) is 2.46. The topological polar surface area (TPSA) is 69.7 Å². The van der Waals surface area contributed by atoms with E-state index in [4.69, 9.17) is 11.6 Å². The lowest BCUT2D eigenvalue weighted by Crippen LogP contribution is -2.26. The minimum atomic E-state index is -3.73. The van der Waals surface area contributed by atoms with Gasteiger partial charge in [0.2, 0.25) is 10.0 Å². The van der Waals surface area contributed by atoms with Crippen LogP contribution in [0.4, 0.5) is 0 Å². The van der Waals surface area contributed by atoms with Gasteiger partial charge in [-0.15, -0.1) is 0 Å². The van der Waals surface area contributed by atoms with Crippen LogP contribution in [0.5, 0.6) is 0 Å². The van der Waals surface area contributed by atoms with Gasteiger partial charge < -0.3 is 5.32 Å². The molecule has 0 bridgehead atoms. The van der Waals surface area contributed by atoms with Gasteiger partial charge in [-0.25, -0.2) is 12.7 Å². The summed E-state index contributed by atoms with van der Waals surface area (Å²) in [6, 6.07) is 12.4. The molecule has 1 aliphatic rings. The van der Waals surface area contributed by atoms with Crippen LogP contribution in [0.3, 0.4) is 0 Å². The van der Waals surface area contributed by atoms with Gasteiger partial charge in [0, 0.05) is 32.7 Å². The number of likely N-dealkylation sites (tertiary alicyclic amines) is 1. The summed E-state index contributed by atoms with van der Waals surface area (Å²) in [5.74, 6) is -0.340. The molecule has 0 aromatic heterocycles. The van der Waals surface area contributed by atoms with Crippen molar-refractivity contribution in [2.24, 2.45) is 0 Å². The fourth-order valence-electron chi connectivity index (χ4n) is 3.38. The maximum atomic E-state index is 12.7. The van der Waals surface area contributed by atoms with Crippen molar-refractivity contribution in [3.8, 4) is 0 Å². The minimum Gasteiger partial charge on any atom is -0.348 e. The molecule has 2 aromatic rings. The first-order valence-corrected chi connectivity index (χ1v) is 11.4. The Hall–Kier alpha value is -1.93. The quantitative estimate of drug-likeness (QED) is 0.725. The van der Waals surface area contributed by atoms with Gasteiger partial charge in [-0.2, -0.15) is 0 Å². The predicted octanol–water partition coefficient (Wildman–Crippen LogP) is 3.12. The van der Waals surface area contributed by atoms with Gasteiger partial charge in [-0.3, -0.25) is 9.69 Å². The Labute approximate surface area is 177 Å². The van der Waals surface area contributed by atoms with E-state index in [1.165, 1.54) is 50.7 Å². The summed E-state index contributed by atoms with van der Waals surface area (Å²) in [4.78, 5) is 15.0. The molecule has 2 aromatic carbocycles. The van der Waals surface area contributed by atoms with E-state index in [0.717, 1.165) is 29.5 Å². The number of hydrogen-bond acceptors (Lipinski definition) is 4. The number of nitrogens with zero attached hydrogens (tertiary/aromatic N) is 2. The van der Waals surface area contributed by atoms with Crippen LogP contribution in [0.2, 0.25) is 5.02 Å². The van der Waals surface area contributed by atoms with E-state index in [1.54, 1.807) is 0 Å². The van der Waals surface area contributed by atoms with Gasteiger partial charge in [0.15, 0.2) is 0 Å². The van der Waals surface area contributed by atoms with Crippen LogP contribution >= 0.6 is 11.6 Å². The minimum absolute atomic E-state index is 0.0775. The zero-order valence-corrected chi connectivity index (χ0v) is 18.3. The van der Waals surface area contributed by atoms with Crippen molar-refractivity contribution in [2.45, 2.75) is 30.8 Å². The molecule has 1 heterocycles. The number of halogens is 1. The summed E-state index contributed by atoms with van der Waals surface area (Å²) >= 11 is 6.06. The molecule has 0 spiro atoms. The Morgan fingerprint density at radius 2 is 1.76 bits per heavy atom. The van der Waals surface area contributed by atoms with E-state index < -0.39 is 10.0 Å². The Morgan fingerprint density at radius 3 is 2.41 bits per heavy atom. The number of amides is 1. The molecular weight excluding hydrogens is 410 g/mol. The fourth-order valence-corrected chi connectivity index (χ4v) is 4.78. The van der Waals surface area contributed by atoms with E-state index in [0.29, 0.717) is 6.54 Å². The first kappa shape index (κ1) is 21.8. The SMILES string of the molecule is CN(C)S(=O)(=O)c1cc(C(=O)NCc2ccccc2CN2CCCC2)ccc1Cl. The Balaban J connectivity index is 1.73. The molecular formula is C21H26ClN3O3S. The van der Waals surface area contributed by atoms with E-state index in [-0.39, 0.29) is 21.4 Å². The van der Waals surface area contributed by atoms with Crippen molar-refractivity contribution in [2.75, 3.05) is 27.2 Å². The first-order chi connectivity index (χ1) is 13.8. The van der Waals surface area contributed by atoms with E-state index in [1.807, 2.05) is 18.2 Å². The van der Waals surface area contributed by atoms with E-state index >= 15 is 0 Å². The molecule has 8 heteroatoms. The molecule has 0 saturated carbocycles. The van der Waals surface area contributed by atoms with Crippen LogP contribution < -0.4 is 5.32 Å². The molecule has 0 aliphatic carbocycles. The van der Waals surface area contributed by atoms with Gasteiger partial charge in [0.1, 0.15) is 4.90 Å². The average Bonchev–Trinajstić information content (AvgIpc) is 3.20. The molecule has 1 fully saturated rings. The highest BCUT2D eigenvalue weighted by Crippen LogP contribution is 2.25. The van der Waals surface area contributed by atoms with Crippen LogP contribution in [0, 0.1) is 0 Å². The number of benzene rings is 2. The largest absolute Gasteiger partial charge is 0.348 e. The molecule has 0 unspecified atom stereocenters. The summed E-state index contributed by atoms with van der Waals surface area (Å²) in [5, 5.41) is 2.99. The third-order valence-electron chi connectivity index (χ3n) is 5.10. The third-order valence-corrected chi connectivity index (χ3v) is 7.40. The lowest BCUT2D eigenvalue weighted by Gasteiger charge is -2.18. The Bertz CT molecular complexity index is 986. The van der Waals surface area contributed by atoms with Crippen molar-refractivity contribution in [3.63, 3.8) is 0 Å². The lowest BCUT2D eigenvalue weighted by atomic mass is 10.1. The fraction of sp³-hybridized carbons (Fsp3) is 0.381. The monoisotopic (exact) mass is 435 g/mol. The number of sulfonamides is 1. The second-order valence-electron chi connectivity index (χ2n) is 7.37. The van der Waals surface area contributed by atoms with Crippen molar-refractivity contribution < 1.29 is 13.2 Å². The molecule has 1 aliphatic heterocycles. The van der Waals surface area contributed by atoms with Crippen molar-refractivity contribution in [1.29, 1.82) is 0 Å². The molecule has 156 valence electrons. The molecule has 1 saturated heterocycles. The number of hydrogen-bond donors (Lipinski definition) is 1. The lowest BCUT2D eigenvalue weighted by molar-refractivity contribution is 0.0950. The maximum Gasteiger partial charge on any atom is 0.251 e. The summed E-state index contributed by atoms with van der Waals surface area (Å²) in [6.45, 7) is 3.46. The van der Waals surface area contributed by atoms with Gasteiger partial charge in [-0.05, 0) is 55.3 Å². The average molecular weight is 436 g/mol. The summed E-state index contributed by atoms with van der Waals surface area (Å²) in [7, 11) is -0.882. The molecule has 1 N–H and O–H groups in total. The number of carbonyl (C=O) groups is 1. The standard InChI is InChI=1S/C21H26ClN3O3S/c1-24(2)29(27,28)20-13-16(9-10-19(20)22)21(26)23-14-17-7-3-4-8-18(17)15-25-11-5-6-12-25/h3-4,7-10,13H,5-6,11-12,14-15H2,1-2H3,(H,23,26). The molecule has 29 heavy (non-hydrogen) atoms. The normalized spacial score (nSPS) is 15.0. The molecule has 0 atom stereocenters. The van der Waals surface area contributed by atoms with Crippen molar-refractivity contribution in [3.05, 3.63) is 64.2 Å². The highest BCUT2D eigenvalue weighted by atomic mass is 35.5. The second kappa shape index (κ2) is 9.26. The Morgan fingerprint density at radius 1 is 1.10 bits per heavy atom. The van der Waals surface area contributed by atoms with Crippen LogP contribution in [-0.4, -0.2) is 50.7 Å². The smallest absolute Gasteiger partial charge is 0.251 e. The van der Waals surface area contributed by atoms with Crippen LogP contribution in [0.25, 0.3) is 0 Å². The van der Waals surface area contributed by atoms with E-state index in [9.17, 15) is 13.2 Å². The highest BCUT2D eigenvalue weighted by Gasteiger charge is 2.22. The van der Waals surface area contributed by atoms with E-state index in [2.05, 4.69) is 16.3 Å². The molecule has 6 nitrogen and oxygen atoms in total.